The minimum atomic E-state index is -1.35. The summed E-state index contributed by atoms with van der Waals surface area (Å²) in [6, 6.07) is 32.9. The second-order valence-electron chi connectivity index (χ2n) is 9.46. The van der Waals surface area contributed by atoms with Crippen LogP contribution in [-0.4, -0.2) is 31.6 Å². The molecule has 39 heavy (non-hydrogen) atoms. The van der Waals surface area contributed by atoms with E-state index in [2.05, 4.69) is 0 Å². The average Bonchev–Trinajstić information content (AvgIpc) is 3.46. The lowest BCUT2D eigenvalue weighted by molar-refractivity contribution is -0.126. The van der Waals surface area contributed by atoms with E-state index in [4.69, 9.17) is 14.3 Å². The smallest absolute Gasteiger partial charge is 0.267 e. The van der Waals surface area contributed by atoms with Crippen molar-refractivity contribution < 1.29 is 23.9 Å². The van der Waals surface area contributed by atoms with Gasteiger partial charge in [-0.1, -0.05) is 60.7 Å². The van der Waals surface area contributed by atoms with Gasteiger partial charge in [0.25, 0.3) is 5.91 Å². The molecule has 4 aromatic rings. The molecule has 0 saturated carbocycles. The molecule has 2 amide bonds. The highest BCUT2D eigenvalue weighted by atomic mass is 16.7. The predicted octanol–water partition coefficient (Wildman–Crippen LogP) is 5.47. The van der Waals surface area contributed by atoms with E-state index < -0.39 is 23.5 Å². The van der Waals surface area contributed by atoms with E-state index in [0.717, 1.165) is 11.3 Å². The van der Waals surface area contributed by atoms with Gasteiger partial charge in [0.1, 0.15) is 23.0 Å². The topological polar surface area (TPSA) is 68.3 Å². The number of hydrogen-bond donors (Lipinski definition) is 0. The molecule has 2 fully saturated rings. The van der Waals surface area contributed by atoms with Gasteiger partial charge in [0, 0.05) is 0 Å². The molecule has 0 spiro atoms. The van der Waals surface area contributed by atoms with Gasteiger partial charge < -0.3 is 9.47 Å². The molecule has 2 aliphatic heterocycles. The van der Waals surface area contributed by atoms with Crippen molar-refractivity contribution in [2.24, 2.45) is 0 Å². The average molecular weight is 521 g/mol. The number of hydroxylamine groups is 1. The van der Waals surface area contributed by atoms with Crippen molar-refractivity contribution in [3.05, 3.63) is 120 Å². The Morgan fingerprint density at radius 3 is 2.00 bits per heavy atom. The number of fused-ring (bicyclic) bond motifs is 1. The number of carbonyl (C=O) groups excluding carboxylic acids is 2. The van der Waals surface area contributed by atoms with Gasteiger partial charge in [-0.25, -0.2) is 9.96 Å². The highest BCUT2D eigenvalue weighted by Gasteiger charge is 2.72. The molecule has 2 saturated heterocycles. The number of methoxy groups -OCH3 is 1. The van der Waals surface area contributed by atoms with Crippen molar-refractivity contribution in [3.63, 3.8) is 0 Å². The van der Waals surface area contributed by atoms with Gasteiger partial charge in [-0.3, -0.25) is 14.4 Å². The summed E-state index contributed by atoms with van der Waals surface area (Å²) in [6.07, 6.45) is -1.08. The molecule has 0 bridgehead atoms. The fourth-order valence-corrected chi connectivity index (χ4v) is 5.68. The molecule has 0 aliphatic carbocycles. The van der Waals surface area contributed by atoms with Gasteiger partial charge >= 0.3 is 0 Å². The summed E-state index contributed by atoms with van der Waals surface area (Å²) in [4.78, 5) is 36.7. The van der Waals surface area contributed by atoms with Crippen LogP contribution in [0.2, 0.25) is 0 Å². The van der Waals surface area contributed by atoms with Crippen LogP contribution in [0.25, 0.3) is 0 Å². The molecule has 4 aromatic carbocycles. The molecule has 196 valence electrons. The third kappa shape index (κ3) is 3.85. The largest absolute Gasteiger partial charge is 0.497 e. The van der Waals surface area contributed by atoms with Crippen molar-refractivity contribution in [1.29, 1.82) is 0 Å². The number of para-hydroxylation sites is 1. The summed E-state index contributed by atoms with van der Waals surface area (Å²) >= 11 is 0. The van der Waals surface area contributed by atoms with Crippen LogP contribution in [0.15, 0.2) is 109 Å². The summed E-state index contributed by atoms with van der Waals surface area (Å²) in [6.45, 7) is 2.42. The normalized spacial score (nSPS) is 22.2. The van der Waals surface area contributed by atoms with E-state index in [-0.39, 0.29) is 5.91 Å². The summed E-state index contributed by atoms with van der Waals surface area (Å²) < 4.78 is 11.0. The minimum absolute atomic E-state index is 0.341. The first-order chi connectivity index (χ1) is 19.1. The molecule has 0 aromatic heterocycles. The lowest BCUT2D eigenvalue weighted by Gasteiger charge is -2.35. The highest BCUT2D eigenvalue weighted by Crippen LogP contribution is 2.57. The Balaban J connectivity index is 1.56. The summed E-state index contributed by atoms with van der Waals surface area (Å²) in [5.41, 5.74) is 1.40. The van der Waals surface area contributed by atoms with Gasteiger partial charge in [0.05, 0.1) is 25.1 Å². The molecule has 7 nitrogen and oxygen atoms in total. The first kappa shape index (κ1) is 24.7. The van der Waals surface area contributed by atoms with Crippen LogP contribution < -0.4 is 19.4 Å². The van der Waals surface area contributed by atoms with Crippen molar-refractivity contribution in [2.45, 2.75) is 24.5 Å². The number of ether oxygens (including phenoxy) is 2. The lowest BCUT2D eigenvalue weighted by Crippen LogP contribution is -2.46. The third-order valence-electron chi connectivity index (χ3n) is 7.40. The van der Waals surface area contributed by atoms with Gasteiger partial charge in [-0.2, -0.15) is 0 Å². The second kappa shape index (κ2) is 9.93. The fraction of sp³-hybridized carbons (Fsp3) is 0.188. The predicted molar refractivity (Wildman–Crippen MR) is 148 cm³/mol. The molecule has 3 atom stereocenters. The Bertz CT molecular complexity index is 1480. The molecular weight excluding hydrogens is 492 g/mol. The number of hydrogen-bond acceptors (Lipinski definition) is 6. The molecule has 0 N–H and O–H groups in total. The van der Waals surface area contributed by atoms with E-state index in [1.807, 2.05) is 91.9 Å². The first-order valence-corrected chi connectivity index (χ1v) is 12.9. The van der Waals surface area contributed by atoms with Crippen LogP contribution in [-0.2, 0) is 19.8 Å². The van der Waals surface area contributed by atoms with Crippen LogP contribution >= 0.6 is 0 Å². The van der Waals surface area contributed by atoms with Gasteiger partial charge in [-0.15, -0.1) is 0 Å². The number of imide groups is 1. The van der Waals surface area contributed by atoms with Crippen LogP contribution in [0, 0.1) is 0 Å². The number of amides is 2. The van der Waals surface area contributed by atoms with E-state index in [0.29, 0.717) is 29.4 Å². The van der Waals surface area contributed by atoms with Gasteiger partial charge in [-0.05, 0) is 66.6 Å². The van der Waals surface area contributed by atoms with Crippen LogP contribution in [0.4, 0.5) is 11.4 Å². The zero-order valence-electron chi connectivity index (χ0n) is 21.7. The van der Waals surface area contributed by atoms with Crippen LogP contribution in [0.1, 0.15) is 24.1 Å². The number of nitrogens with zero attached hydrogens (tertiary/aromatic N) is 2. The minimum Gasteiger partial charge on any atom is -0.497 e. The molecule has 7 heteroatoms. The van der Waals surface area contributed by atoms with E-state index in [1.54, 1.807) is 36.4 Å². The Hall–Kier alpha value is -4.62. The molecule has 6 rings (SSSR count). The van der Waals surface area contributed by atoms with E-state index >= 15 is 0 Å². The SMILES string of the molecule is CCOc1ccc(N2C(=O)[C@@H]3ON(c4ccccc4)[C@@H](c4ccc(OC)cc4)[C@]3(c3ccccc3)C2=O)cc1. The lowest BCUT2D eigenvalue weighted by atomic mass is 9.69. The second-order valence-corrected chi connectivity index (χ2v) is 9.46. The van der Waals surface area contributed by atoms with Crippen molar-refractivity contribution >= 4 is 23.2 Å². The van der Waals surface area contributed by atoms with E-state index in [1.165, 1.54) is 4.90 Å². The van der Waals surface area contributed by atoms with Crippen LogP contribution in [0.5, 0.6) is 11.5 Å². The number of anilines is 2. The highest BCUT2D eigenvalue weighted by molar-refractivity contribution is 6.28. The first-order valence-electron chi connectivity index (χ1n) is 12.9. The van der Waals surface area contributed by atoms with Crippen LogP contribution in [0.3, 0.4) is 0 Å². The van der Waals surface area contributed by atoms with Crippen molar-refractivity contribution in [3.8, 4) is 11.5 Å². The van der Waals surface area contributed by atoms with Gasteiger partial charge in [0.2, 0.25) is 5.91 Å². The Morgan fingerprint density at radius 2 is 1.38 bits per heavy atom. The summed E-state index contributed by atoms with van der Waals surface area (Å²) in [5, 5.41) is 1.71. The number of benzene rings is 4. The maximum absolute atomic E-state index is 14.8. The monoisotopic (exact) mass is 520 g/mol. The number of carbonyl (C=O) groups is 2. The van der Waals surface area contributed by atoms with Crippen molar-refractivity contribution in [2.75, 3.05) is 23.7 Å². The zero-order valence-corrected chi connectivity index (χ0v) is 21.7. The molecule has 2 heterocycles. The summed E-state index contributed by atoms with van der Waals surface area (Å²) in [5.74, 6) is 0.608. The third-order valence-corrected chi connectivity index (χ3v) is 7.40. The van der Waals surface area contributed by atoms with Gasteiger partial charge in [0.15, 0.2) is 6.10 Å². The van der Waals surface area contributed by atoms with E-state index in [9.17, 15) is 9.59 Å². The molecular formula is C32H28N2O5. The summed E-state index contributed by atoms with van der Waals surface area (Å²) in [7, 11) is 1.61. The fourth-order valence-electron chi connectivity index (χ4n) is 5.68. The Morgan fingerprint density at radius 1 is 0.769 bits per heavy atom. The molecule has 0 unspecified atom stereocenters. The van der Waals surface area contributed by atoms with Crippen molar-refractivity contribution in [1.82, 2.24) is 0 Å². The molecule has 0 radical (unpaired) electrons. The maximum Gasteiger partial charge on any atom is 0.267 e. The maximum atomic E-state index is 14.8. The Labute approximate surface area is 227 Å². The molecule has 2 aliphatic rings. The quantitative estimate of drug-likeness (QED) is 0.301. The number of rotatable bonds is 7. The Kier molecular flexibility index (Phi) is 6.29. The standard InChI is InChI=1S/C32H28N2O5/c1-3-38-27-20-16-24(17-21-27)33-30(35)29-32(31(33)36,23-10-6-4-7-11-23)28(22-14-18-26(37-2)19-15-22)34(39-29)25-12-8-5-9-13-25/h4-21,28-29H,3H2,1-2H3/t28-,29-,32-/m0/s1. The zero-order chi connectivity index (χ0) is 27.0.